The van der Waals surface area contributed by atoms with Gasteiger partial charge in [0, 0.05) is 19.6 Å². The summed E-state index contributed by atoms with van der Waals surface area (Å²) in [7, 11) is 0. The fourth-order valence-electron chi connectivity index (χ4n) is 2.92. The number of fused-ring (bicyclic) bond motifs is 1. The molecule has 1 saturated heterocycles. The molecule has 2 aromatic rings. The second kappa shape index (κ2) is 10.8. The van der Waals surface area contributed by atoms with Crippen molar-refractivity contribution < 1.29 is 4.74 Å². The zero-order valence-corrected chi connectivity index (χ0v) is 15.0. The normalized spacial score (nSPS) is 15.0. The van der Waals surface area contributed by atoms with Gasteiger partial charge < -0.3 is 10.1 Å². The zero-order chi connectivity index (χ0) is 14.3. The highest BCUT2D eigenvalue weighted by Gasteiger charge is 2.08. The summed E-state index contributed by atoms with van der Waals surface area (Å²) in [5.74, 6) is 0. The molecule has 0 saturated carbocycles. The van der Waals surface area contributed by atoms with Crippen LogP contribution in [0.2, 0.25) is 0 Å². The summed E-state index contributed by atoms with van der Waals surface area (Å²) < 4.78 is 5.37. The monoisotopic (exact) mass is 356 g/mol. The molecule has 3 rings (SSSR count). The van der Waals surface area contributed by atoms with Gasteiger partial charge in [0.25, 0.3) is 0 Å². The number of morpholine rings is 1. The van der Waals surface area contributed by atoms with Crippen LogP contribution in [0.1, 0.15) is 12.0 Å². The van der Waals surface area contributed by atoms with Crippen molar-refractivity contribution >= 4 is 35.6 Å². The SMILES string of the molecule is Cl.Cl.c1ccc2c(CNCCCN3CCOCC3)cccc2c1. The van der Waals surface area contributed by atoms with Gasteiger partial charge in [-0.3, -0.25) is 4.90 Å². The van der Waals surface area contributed by atoms with E-state index >= 15 is 0 Å². The number of hydrogen-bond acceptors (Lipinski definition) is 3. The summed E-state index contributed by atoms with van der Waals surface area (Å²) in [6, 6.07) is 15.1. The number of nitrogens with zero attached hydrogens (tertiary/aromatic N) is 1. The Morgan fingerprint density at radius 2 is 1.70 bits per heavy atom. The molecule has 0 radical (unpaired) electrons. The van der Waals surface area contributed by atoms with Gasteiger partial charge in [-0.1, -0.05) is 42.5 Å². The van der Waals surface area contributed by atoms with Crippen molar-refractivity contribution in [2.45, 2.75) is 13.0 Å². The molecule has 0 atom stereocenters. The number of hydrogen-bond donors (Lipinski definition) is 1. The lowest BCUT2D eigenvalue weighted by Gasteiger charge is -2.26. The zero-order valence-electron chi connectivity index (χ0n) is 13.4. The number of rotatable bonds is 6. The highest BCUT2D eigenvalue weighted by Crippen LogP contribution is 2.18. The van der Waals surface area contributed by atoms with Gasteiger partial charge in [-0.05, 0) is 35.8 Å². The van der Waals surface area contributed by atoms with E-state index in [4.69, 9.17) is 4.74 Å². The summed E-state index contributed by atoms with van der Waals surface area (Å²) in [5.41, 5.74) is 1.39. The molecule has 23 heavy (non-hydrogen) atoms. The molecule has 0 spiro atoms. The first-order valence-corrected chi connectivity index (χ1v) is 7.91. The van der Waals surface area contributed by atoms with E-state index in [-0.39, 0.29) is 24.8 Å². The number of benzene rings is 2. The van der Waals surface area contributed by atoms with Gasteiger partial charge in [0.05, 0.1) is 13.2 Å². The summed E-state index contributed by atoms with van der Waals surface area (Å²) in [4.78, 5) is 2.49. The van der Waals surface area contributed by atoms with E-state index in [1.165, 1.54) is 29.3 Å². The Hall–Kier alpha value is -0.840. The first kappa shape index (κ1) is 20.2. The molecule has 1 aliphatic heterocycles. The van der Waals surface area contributed by atoms with Gasteiger partial charge in [0.2, 0.25) is 0 Å². The van der Waals surface area contributed by atoms with Crippen molar-refractivity contribution in [2.24, 2.45) is 0 Å². The van der Waals surface area contributed by atoms with Crippen molar-refractivity contribution in [3.05, 3.63) is 48.0 Å². The average Bonchev–Trinajstić information content (AvgIpc) is 2.56. The maximum absolute atomic E-state index is 5.37. The first-order valence-electron chi connectivity index (χ1n) is 7.91. The highest BCUT2D eigenvalue weighted by molar-refractivity contribution is 5.86. The topological polar surface area (TPSA) is 24.5 Å². The third-order valence-corrected chi connectivity index (χ3v) is 4.13. The standard InChI is InChI=1S/C18H24N2O.2ClH/c1-2-8-18-16(5-1)6-3-7-17(18)15-19-9-4-10-20-11-13-21-14-12-20;;/h1-3,5-8,19H,4,9-15H2;2*1H. The van der Waals surface area contributed by atoms with Crippen LogP contribution >= 0.6 is 24.8 Å². The highest BCUT2D eigenvalue weighted by atomic mass is 35.5. The largest absolute Gasteiger partial charge is 0.379 e. The maximum Gasteiger partial charge on any atom is 0.0594 e. The van der Waals surface area contributed by atoms with Crippen LogP contribution in [0.5, 0.6) is 0 Å². The van der Waals surface area contributed by atoms with Crippen LogP contribution < -0.4 is 5.32 Å². The molecule has 0 unspecified atom stereocenters. The van der Waals surface area contributed by atoms with E-state index in [1.807, 2.05) is 0 Å². The Labute approximate surface area is 151 Å². The molecule has 1 N–H and O–H groups in total. The van der Waals surface area contributed by atoms with E-state index < -0.39 is 0 Å². The number of halogens is 2. The molecule has 5 heteroatoms. The van der Waals surface area contributed by atoms with Gasteiger partial charge >= 0.3 is 0 Å². The summed E-state index contributed by atoms with van der Waals surface area (Å²) in [5, 5.41) is 6.26. The third-order valence-electron chi connectivity index (χ3n) is 4.13. The Bertz CT molecular complexity index is 568. The lowest BCUT2D eigenvalue weighted by molar-refractivity contribution is 0.0374. The molecule has 1 heterocycles. The van der Waals surface area contributed by atoms with Crippen LogP contribution in [0.25, 0.3) is 10.8 Å². The van der Waals surface area contributed by atoms with Crippen molar-refractivity contribution in [3.8, 4) is 0 Å². The Kier molecular flexibility index (Phi) is 9.53. The Balaban J connectivity index is 0.00000132. The second-order valence-electron chi connectivity index (χ2n) is 5.62. The smallest absolute Gasteiger partial charge is 0.0594 e. The molecule has 0 aromatic heterocycles. The summed E-state index contributed by atoms with van der Waals surface area (Å²) in [6.07, 6.45) is 1.20. The molecule has 2 aromatic carbocycles. The molecular weight excluding hydrogens is 331 g/mol. The van der Waals surface area contributed by atoms with E-state index in [1.54, 1.807) is 0 Å². The van der Waals surface area contributed by atoms with Gasteiger partial charge in [-0.25, -0.2) is 0 Å². The first-order chi connectivity index (χ1) is 10.4. The van der Waals surface area contributed by atoms with Gasteiger partial charge in [-0.2, -0.15) is 0 Å². The number of nitrogens with one attached hydrogen (secondary N) is 1. The molecule has 1 fully saturated rings. The predicted molar refractivity (Wildman–Crippen MR) is 102 cm³/mol. The van der Waals surface area contributed by atoms with E-state index in [9.17, 15) is 0 Å². The van der Waals surface area contributed by atoms with Crippen LogP contribution in [0, 0.1) is 0 Å². The maximum atomic E-state index is 5.37. The van der Waals surface area contributed by atoms with Crippen LogP contribution in [0.4, 0.5) is 0 Å². The Morgan fingerprint density at radius 1 is 0.957 bits per heavy atom. The summed E-state index contributed by atoms with van der Waals surface area (Å²) in [6.45, 7) is 7.15. The fraction of sp³-hybridized carbons (Fsp3) is 0.444. The van der Waals surface area contributed by atoms with Gasteiger partial charge in [-0.15, -0.1) is 24.8 Å². The van der Waals surface area contributed by atoms with Crippen LogP contribution in [-0.4, -0.2) is 44.3 Å². The van der Waals surface area contributed by atoms with Crippen LogP contribution in [0.15, 0.2) is 42.5 Å². The minimum absolute atomic E-state index is 0. The predicted octanol–water partition coefficient (Wildman–Crippen LogP) is 3.50. The van der Waals surface area contributed by atoms with Crippen molar-refractivity contribution in [3.63, 3.8) is 0 Å². The molecule has 1 aliphatic rings. The molecule has 0 bridgehead atoms. The lowest BCUT2D eigenvalue weighted by atomic mass is 10.0. The molecule has 128 valence electrons. The third kappa shape index (κ3) is 5.94. The average molecular weight is 357 g/mol. The van der Waals surface area contributed by atoms with E-state index in [0.29, 0.717) is 0 Å². The minimum atomic E-state index is 0. The molecular formula is C18H26Cl2N2O. The van der Waals surface area contributed by atoms with Crippen LogP contribution in [-0.2, 0) is 11.3 Å². The second-order valence-corrected chi connectivity index (χ2v) is 5.62. The molecule has 3 nitrogen and oxygen atoms in total. The van der Waals surface area contributed by atoms with Crippen molar-refractivity contribution in [1.82, 2.24) is 10.2 Å². The minimum Gasteiger partial charge on any atom is -0.379 e. The quantitative estimate of drug-likeness (QED) is 0.801. The lowest BCUT2D eigenvalue weighted by Crippen LogP contribution is -2.37. The van der Waals surface area contributed by atoms with Crippen molar-refractivity contribution in [1.29, 1.82) is 0 Å². The summed E-state index contributed by atoms with van der Waals surface area (Å²) >= 11 is 0. The molecule has 0 amide bonds. The van der Waals surface area contributed by atoms with Crippen molar-refractivity contribution in [2.75, 3.05) is 39.4 Å². The fourth-order valence-corrected chi connectivity index (χ4v) is 2.92. The Morgan fingerprint density at radius 3 is 2.52 bits per heavy atom. The van der Waals surface area contributed by atoms with E-state index in [0.717, 1.165) is 39.4 Å². The van der Waals surface area contributed by atoms with E-state index in [2.05, 4.69) is 52.7 Å². The van der Waals surface area contributed by atoms with Gasteiger partial charge in [0.15, 0.2) is 0 Å². The van der Waals surface area contributed by atoms with Crippen LogP contribution in [0.3, 0.4) is 0 Å². The molecule has 0 aliphatic carbocycles. The van der Waals surface area contributed by atoms with Gasteiger partial charge in [0.1, 0.15) is 0 Å². The number of ether oxygens (including phenoxy) is 1.